The van der Waals surface area contributed by atoms with Crippen LogP contribution in [0.25, 0.3) is 0 Å². The summed E-state index contributed by atoms with van der Waals surface area (Å²) in [6, 6.07) is 0.740. The number of thioether (sulfide) groups is 1. The molecule has 1 rings (SSSR count). The zero-order valence-electron chi connectivity index (χ0n) is 13.3. The normalized spacial score (nSPS) is 14.8. The van der Waals surface area contributed by atoms with Crippen LogP contribution in [-0.4, -0.2) is 27.3 Å². The molecular formula is C15H28BrN3S. The van der Waals surface area contributed by atoms with Gasteiger partial charge in [0.15, 0.2) is 0 Å². The summed E-state index contributed by atoms with van der Waals surface area (Å²) in [4.78, 5) is 0. The molecule has 2 atom stereocenters. The highest BCUT2D eigenvalue weighted by Crippen LogP contribution is 2.29. The van der Waals surface area contributed by atoms with E-state index in [-0.39, 0.29) is 0 Å². The number of aromatic nitrogens is 2. The largest absolute Gasteiger partial charge is 0.308 e. The van der Waals surface area contributed by atoms with Gasteiger partial charge in [0.05, 0.1) is 22.4 Å². The fourth-order valence-corrected chi connectivity index (χ4v) is 3.60. The van der Waals surface area contributed by atoms with Gasteiger partial charge in [-0.25, -0.2) is 0 Å². The van der Waals surface area contributed by atoms with Crippen molar-refractivity contribution in [3.05, 3.63) is 16.4 Å². The summed E-state index contributed by atoms with van der Waals surface area (Å²) in [5, 5.41) is 8.89. The maximum atomic E-state index is 4.51. The number of nitrogens with zero attached hydrogens (tertiary/aromatic N) is 2. The monoisotopic (exact) mass is 361 g/mol. The SMILES string of the molecule is CCCNC(CSC(C)CC)c1c(Br)cnn1C(C)C. The zero-order valence-corrected chi connectivity index (χ0v) is 15.7. The van der Waals surface area contributed by atoms with Crippen LogP contribution in [-0.2, 0) is 0 Å². The van der Waals surface area contributed by atoms with Crippen LogP contribution in [0.3, 0.4) is 0 Å². The average Bonchev–Trinajstić information content (AvgIpc) is 2.80. The van der Waals surface area contributed by atoms with E-state index in [1.165, 1.54) is 12.1 Å². The number of nitrogens with one attached hydrogen (secondary N) is 1. The molecule has 0 aromatic carbocycles. The summed E-state index contributed by atoms with van der Waals surface area (Å²) in [5.74, 6) is 1.09. The quantitative estimate of drug-likeness (QED) is 0.684. The molecule has 0 saturated carbocycles. The fourth-order valence-electron chi connectivity index (χ4n) is 2.02. The second-order valence-corrected chi connectivity index (χ2v) is 7.80. The average molecular weight is 362 g/mol. The van der Waals surface area contributed by atoms with Crippen LogP contribution in [0, 0.1) is 0 Å². The highest BCUT2D eigenvalue weighted by atomic mass is 79.9. The highest BCUT2D eigenvalue weighted by Gasteiger charge is 2.21. The molecular weight excluding hydrogens is 334 g/mol. The molecule has 116 valence electrons. The first-order chi connectivity index (χ1) is 9.51. The van der Waals surface area contributed by atoms with E-state index in [0.717, 1.165) is 23.2 Å². The van der Waals surface area contributed by atoms with Crippen molar-refractivity contribution in [2.45, 2.75) is 64.8 Å². The number of halogens is 1. The Balaban J connectivity index is 2.88. The van der Waals surface area contributed by atoms with Crippen molar-refractivity contribution in [1.29, 1.82) is 0 Å². The molecule has 20 heavy (non-hydrogen) atoms. The Kier molecular flexibility index (Phi) is 8.22. The summed E-state index contributed by atoms with van der Waals surface area (Å²) in [6.45, 7) is 12.2. The smallest absolute Gasteiger partial charge is 0.0707 e. The summed E-state index contributed by atoms with van der Waals surface area (Å²) in [7, 11) is 0. The molecule has 0 bridgehead atoms. The molecule has 0 fully saturated rings. The maximum absolute atomic E-state index is 4.51. The van der Waals surface area contributed by atoms with E-state index in [0.29, 0.717) is 17.3 Å². The Bertz CT molecular complexity index is 392. The molecule has 0 aliphatic heterocycles. The van der Waals surface area contributed by atoms with Crippen LogP contribution >= 0.6 is 27.7 Å². The first-order valence-corrected chi connectivity index (χ1v) is 9.43. The van der Waals surface area contributed by atoms with Crippen LogP contribution in [0.5, 0.6) is 0 Å². The van der Waals surface area contributed by atoms with E-state index < -0.39 is 0 Å². The summed E-state index contributed by atoms with van der Waals surface area (Å²) in [6.07, 6.45) is 4.29. The minimum atomic E-state index is 0.355. The number of hydrogen-bond donors (Lipinski definition) is 1. The van der Waals surface area contributed by atoms with Crippen LogP contribution in [0.4, 0.5) is 0 Å². The van der Waals surface area contributed by atoms with Crippen molar-refractivity contribution in [1.82, 2.24) is 15.1 Å². The predicted octanol–water partition coefficient (Wildman–Crippen LogP) is 4.80. The summed E-state index contributed by atoms with van der Waals surface area (Å²) >= 11 is 5.71. The third kappa shape index (κ3) is 5.08. The molecule has 0 aliphatic carbocycles. The van der Waals surface area contributed by atoms with Crippen molar-refractivity contribution in [2.24, 2.45) is 0 Å². The second-order valence-electron chi connectivity index (χ2n) is 5.47. The predicted molar refractivity (Wildman–Crippen MR) is 93.6 cm³/mol. The first kappa shape index (κ1) is 18.1. The molecule has 5 heteroatoms. The molecule has 0 saturated heterocycles. The van der Waals surface area contributed by atoms with Crippen molar-refractivity contribution >= 4 is 27.7 Å². The molecule has 1 aromatic rings. The van der Waals surface area contributed by atoms with Gasteiger partial charge in [0.25, 0.3) is 0 Å². The van der Waals surface area contributed by atoms with E-state index >= 15 is 0 Å². The van der Waals surface area contributed by atoms with Crippen molar-refractivity contribution < 1.29 is 0 Å². The lowest BCUT2D eigenvalue weighted by atomic mass is 10.2. The van der Waals surface area contributed by atoms with E-state index in [9.17, 15) is 0 Å². The van der Waals surface area contributed by atoms with Gasteiger partial charge in [-0.2, -0.15) is 16.9 Å². The Labute approximate surface area is 136 Å². The maximum Gasteiger partial charge on any atom is 0.0707 e. The van der Waals surface area contributed by atoms with Gasteiger partial charge in [-0.15, -0.1) is 0 Å². The van der Waals surface area contributed by atoms with Gasteiger partial charge in [0.2, 0.25) is 0 Å². The first-order valence-electron chi connectivity index (χ1n) is 7.59. The molecule has 0 spiro atoms. The lowest BCUT2D eigenvalue weighted by molar-refractivity contribution is 0.462. The lowest BCUT2D eigenvalue weighted by Crippen LogP contribution is -2.28. The minimum Gasteiger partial charge on any atom is -0.308 e. The molecule has 0 aliphatic rings. The van der Waals surface area contributed by atoms with Crippen LogP contribution in [0.15, 0.2) is 10.7 Å². The fraction of sp³-hybridized carbons (Fsp3) is 0.800. The van der Waals surface area contributed by atoms with Crippen molar-refractivity contribution in [3.8, 4) is 0 Å². The van der Waals surface area contributed by atoms with E-state index in [1.54, 1.807) is 0 Å². The van der Waals surface area contributed by atoms with Gasteiger partial charge >= 0.3 is 0 Å². The minimum absolute atomic E-state index is 0.355. The second kappa shape index (κ2) is 9.11. The molecule has 3 nitrogen and oxygen atoms in total. The van der Waals surface area contributed by atoms with Crippen LogP contribution in [0.1, 0.15) is 65.2 Å². The molecule has 1 aromatic heterocycles. The highest BCUT2D eigenvalue weighted by molar-refractivity contribution is 9.10. The topological polar surface area (TPSA) is 29.9 Å². The van der Waals surface area contributed by atoms with Gasteiger partial charge in [-0.1, -0.05) is 20.8 Å². The Morgan fingerprint density at radius 1 is 1.35 bits per heavy atom. The number of rotatable bonds is 9. The molecule has 2 unspecified atom stereocenters. The third-order valence-electron chi connectivity index (χ3n) is 3.37. The number of hydrogen-bond acceptors (Lipinski definition) is 3. The zero-order chi connectivity index (χ0) is 15.1. The van der Waals surface area contributed by atoms with E-state index in [2.05, 4.69) is 65.6 Å². The van der Waals surface area contributed by atoms with Gasteiger partial charge in [0.1, 0.15) is 0 Å². The van der Waals surface area contributed by atoms with Crippen molar-refractivity contribution in [3.63, 3.8) is 0 Å². The van der Waals surface area contributed by atoms with Crippen LogP contribution < -0.4 is 5.32 Å². The molecule has 1 heterocycles. The third-order valence-corrected chi connectivity index (χ3v) is 5.41. The summed E-state index contributed by atoms with van der Waals surface area (Å²) in [5.41, 5.74) is 1.28. The van der Waals surface area contributed by atoms with Gasteiger partial charge < -0.3 is 5.32 Å². The van der Waals surface area contributed by atoms with Gasteiger partial charge in [-0.05, 0) is 49.2 Å². The van der Waals surface area contributed by atoms with Gasteiger partial charge in [-0.3, -0.25) is 4.68 Å². The van der Waals surface area contributed by atoms with E-state index in [1.807, 2.05) is 18.0 Å². The Hall–Kier alpha value is 0. The Morgan fingerprint density at radius 2 is 2.05 bits per heavy atom. The van der Waals surface area contributed by atoms with Gasteiger partial charge in [0, 0.05) is 17.0 Å². The molecule has 0 amide bonds. The Morgan fingerprint density at radius 3 is 2.60 bits per heavy atom. The molecule has 1 N–H and O–H groups in total. The van der Waals surface area contributed by atoms with Crippen LogP contribution in [0.2, 0.25) is 0 Å². The molecule has 0 radical (unpaired) electrons. The summed E-state index contributed by atoms with van der Waals surface area (Å²) < 4.78 is 3.25. The lowest BCUT2D eigenvalue weighted by Gasteiger charge is -2.23. The van der Waals surface area contributed by atoms with Crippen molar-refractivity contribution in [2.75, 3.05) is 12.3 Å². The standard InChI is InChI=1S/C15H28BrN3S/c1-6-8-17-14(10-20-12(5)7-2)15-13(16)9-18-19(15)11(3)4/h9,11-12,14,17H,6-8,10H2,1-5H3. The van der Waals surface area contributed by atoms with E-state index in [4.69, 9.17) is 0 Å².